The summed E-state index contributed by atoms with van der Waals surface area (Å²) in [6, 6.07) is 0. The zero-order valence-electron chi connectivity index (χ0n) is 5.09. The van der Waals surface area contributed by atoms with Crippen molar-refractivity contribution in [3.05, 3.63) is 12.3 Å². The van der Waals surface area contributed by atoms with E-state index in [4.69, 9.17) is 5.41 Å². The summed E-state index contributed by atoms with van der Waals surface area (Å²) in [4.78, 5) is 1.88. The molecule has 0 saturated carbocycles. The second-order valence-corrected chi connectivity index (χ2v) is 1.47. The van der Waals surface area contributed by atoms with Crippen LogP contribution in [0.4, 0.5) is 0 Å². The highest BCUT2D eigenvalue weighted by Crippen LogP contribution is 1.71. The van der Waals surface area contributed by atoms with Crippen LogP contribution in [0.5, 0.6) is 0 Å². The summed E-state index contributed by atoms with van der Waals surface area (Å²) < 4.78 is 0. The molecule has 0 rings (SSSR count). The van der Waals surface area contributed by atoms with Crippen molar-refractivity contribution in [1.82, 2.24) is 4.90 Å². The van der Waals surface area contributed by atoms with E-state index in [1.807, 2.05) is 25.2 Å². The average molecular weight is 135 g/mol. The third-order valence-corrected chi connectivity index (χ3v) is 0.480. The van der Waals surface area contributed by atoms with Gasteiger partial charge >= 0.3 is 0 Å². The maximum atomic E-state index is 6.56. The Kier molecular flexibility index (Phi) is 8.51. The second kappa shape index (κ2) is 6.50. The average Bonchev–Trinajstić information content (AvgIpc) is 1.61. The third kappa shape index (κ3) is 9.09. The summed E-state index contributed by atoms with van der Waals surface area (Å²) in [6.45, 7) is 0. The Bertz CT molecular complexity index is 78.5. The molecule has 0 unspecified atom stereocenters. The van der Waals surface area contributed by atoms with Gasteiger partial charge in [-0.1, -0.05) is 0 Å². The number of hydrogen-bond donors (Lipinski definition) is 1. The molecule has 0 aromatic heterocycles. The third-order valence-electron chi connectivity index (χ3n) is 0.480. The number of allylic oxidation sites excluding steroid dienone is 1. The maximum absolute atomic E-state index is 6.56. The molecule has 0 aliphatic carbocycles. The van der Waals surface area contributed by atoms with E-state index in [1.165, 1.54) is 6.21 Å². The van der Waals surface area contributed by atoms with E-state index in [9.17, 15) is 0 Å². The normalized spacial score (nSPS) is 8.25. The number of halogens is 1. The zero-order valence-corrected chi connectivity index (χ0v) is 5.90. The van der Waals surface area contributed by atoms with Crippen molar-refractivity contribution in [2.45, 2.75) is 0 Å². The van der Waals surface area contributed by atoms with Crippen molar-refractivity contribution in [3.63, 3.8) is 0 Å². The molecule has 0 aromatic carbocycles. The highest BCUT2D eigenvalue weighted by Gasteiger charge is 1.68. The fourth-order valence-corrected chi connectivity index (χ4v) is 0.215. The van der Waals surface area contributed by atoms with Crippen molar-refractivity contribution >= 4 is 18.6 Å². The van der Waals surface area contributed by atoms with Gasteiger partial charge in [-0.25, -0.2) is 0 Å². The van der Waals surface area contributed by atoms with Gasteiger partial charge in [0.05, 0.1) is 0 Å². The van der Waals surface area contributed by atoms with Gasteiger partial charge in [0.15, 0.2) is 0 Å². The van der Waals surface area contributed by atoms with Crippen LogP contribution in [0.2, 0.25) is 0 Å². The molecule has 0 fully saturated rings. The van der Waals surface area contributed by atoms with Crippen molar-refractivity contribution in [2.75, 3.05) is 14.1 Å². The Morgan fingerprint density at radius 1 is 1.38 bits per heavy atom. The highest BCUT2D eigenvalue weighted by atomic mass is 35.5. The van der Waals surface area contributed by atoms with Crippen molar-refractivity contribution in [1.29, 1.82) is 5.41 Å². The van der Waals surface area contributed by atoms with E-state index in [0.29, 0.717) is 0 Å². The van der Waals surface area contributed by atoms with Gasteiger partial charge in [-0.2, -0.15) is 0 Å². The summed E-state index contributed by atoms with van der Waals surface area (Å²) in [6.07, 6.45) is 4.73. The minimum Gasteiger partial charge on any atom is -0.383 e. The molecular formula is C5H11ClN2. The van der Waals surface area contributed by atoms with Crippen LogP contribution in [0.25, 0.3) is 0 Å². The van der Waals surface area contributed by atoms with E-state index in [2.05, 4.69) is 0 Å². The van der Waals surface area contributed by atoms with Crippen LogP contribution >= 0.6 is 12.4 Å². The Labute approximate surface area is 56.1 Å². The summed E-state index contributed by atoms with van der Waals surface area (Å²) in [5.74, 6) is 0. The standard InChI is InChI=1S/C5H10N2.ClH/c1-7(2)5-3-4-6;/h3-6H,1-2H3;1H. The summed E-state index contributed by atoms with van der Waals surface area (Å²) in [5.41, 5.74) is 0. The van der Waals surface area contributed by atoms with Crippen molar-refractivity contribution < 1.29 is 0 Å². The lowest BCUT2D eigenvalue weighted by Crippen LogP contribution is -1.99. The molecule has 8 heavy (non-hydrogen) atoms. The van der Waals surface area contributed by atoms with Crippen LogP contribution in [-0.4, -0.2) is 25.2 Å². The Balaban J connectivity index is 0. The quantitative estimate of drug-likeness (QED) is 0.564. The molecule has 0 atom stereocenters. The van der Waals surface area contributed by atoms with Crippen LogP contribution in [0, 0.1) is 5.41 Å². The van der Waals surface area contributed by atoms with Crippen LogP contribution < -0.4 is 0 Å². The molecule has 0 aromatic rings. The van der Waals surface area contributed by atoms with Gasteiger partial charge in [0.25, 0.3) is 0 Å². The van der Waals surface area contributed by atoms with Gasteiger partial charge in [0.2, 0.25) is 0 Å². The van der Waals surface area contributed by atoms with Gasteiger partial charge in [0, 0.05) is 20.3 Å². The van der Waals surface area contributed by atoms with E-state index in [0.717, 1.165) is 0 Å². The molecule has 0 saturated heterocycles. The fraction of sp³-hybridized carbons (Fsp3) is 0.400. The van der Waals surface area contributed by atoms with Crippen molar-refractivity contribution in [3.8, 4) is 0 Å². The minimum absolute atomic E-state index is 0. The first-order valence-corrected chi connectivity index (χ1v) is 2.11. The van der Waals surface area contributed by atoms with Crippen LogP contribution in [0.3, 0.4) is 0 Å². The molecule has 0 aliphatic heterocycles. The molecule has 0 bridgehead atoms. The topological polar surface area (TPSA) is 27.1 Å². The zero-order chi connectivity index (χ0) is 5.70. The summed E-state index contributed by atoms with van der Waals surface area (Å²) >= 11 is 0. The lowest BCUT2D eigenvalue weighted by Gasteiger charge is -1.99. The van der Waals surface area contributed by atoms with E-state index < -0.39 is 0 Å². The maximum Gasteiger partial charge on any atom is 0.0192 e. The number of nitrogens with zero attached hydrogens (tertiary/aromatic N) is 1. The molecule has 0 amide bonds. The molecule has 1 N–H and O–H groups in total. The number of hydrogen-bond acceptors (Lipinski definition) is 2. The number of rotatable bonds is 2. The van der Waals surface area contributed by atoms with E-state index >= 15 is 0 Å². The SMILES string of the molecule is CN(C)C=CC=N.Cl. The molecule has 2 nitrogen and oxygen atoms in total. The molecule has 48 valence electrons. The van der Waals surface area contributed by atoms with Gasteiger partial charge in [-0.05, 0) is 12.3 Å². The van der Waals surface area contributed by atoms with Crippen LogP contribution in [-0.2, 0) is 0 Å². The molecule has 0 spiro atoms. The summed E-state index contributed by atoms with van der Waals surface area (Å²) in [5, 5.41) is 6.56. The minimum atomic E-state index is 0. The predicted molar refractivity (Wildman–Crippen MR) is 38.9 cm³/mol. The van der Waals surface area contributed by atoms with E-state index in [-0.39, 0.29) is 12.4 Å². The second-order valence-electron chi connectivity index (χ2n) is 1.47. The van der Waals surface area contributed by atoms with Crippen molar-refractivity contribution in [2.24, 2.45) is 0 Å². The first-order valence-electron chi connectivity index (χ1n) is 2.11. The summed E-state index contributed by atoms with van der Waals surface area (Å²) in [7, 11) is 3.83. The molecular weight excluding hydrogens is 124 g/mol. The molecule has 0 heterocycles. The van der Waals surface area contributed by atoms with Gasteiger partial charge in [-0.15, -0.1) is 12.4 Å². The lowest BCUT2D eigenvalue weighted by atomic mass is 10.6. The predicted octanol–water partition coefficient (Wildman–Crippen LogP) is 1.13. The van der Waals surface area contributed by atoms with Crippen LogP contribution in [0.15, 0.2) is 12.3 Å². The molecule has 3 heteroatoms. The largest absolute Gasteiger partial charge is 0.383 e. The number of nitrogens with one attached hydrogen (secondary N) is 1. The van der Waals surface area contributed by atoms with Crippen LogP contribution in [0.1, 0.15) is 0 Å². The first kappa shape index (κ1) is 10.5. The van der Waals surface area contributed by atoms with Gasteiger partial charge in [0.1, 0.15) is 0 Å². The van der Waals surface area contributed by atoms with Gasteiger partial charge in [-0.3, -0.25) is 0 Å². The Morgan fingerprint density at radius 3 is 2.00 bits per heavy atom. The molecule has 0 aliphatic rings. The Morgan fingerprint density at radius 2 is 1.88 bits per heavy atom. The Hall–Kier alpha value is -0.500. The highest BCUT2D eigenvalue weighted by molar-refractivity contribution is 5.85. The monoisotopic (exact) mass is 134 g/mol. The first-order chi connectivity index (χ1) is 3.27. The lowest BCUT2D eigenvalue weighted by molar-refractivity contribution is 0.564. The fourth-order valence-electron chi connectivity index (χ4n) is 0.215. The molecule has 0 radical (unpaired) electrons. The van der Waals surface area contributed by atoms with E-state index in [1.54, 1.807) is 6.08 Å². The smallest absolute Gasteiger partial charge is 0.0192 e. The van der Waals surface area contributed by atoms with Gasteiger partial charge < -0.3 is 10.3 Å².